The van der Waals surface area contributed by atoms with E-state index in [1.807, 2.05) is 48.8 Å². The average molecular weight is 582 g/mol. The van der Waals surface area contributed by atoms with Crippen LogP contribution in [0.2, 0.25) is 0 Å². The van der Waals surface area contributed by atoms with Gasteiger partial charge in [-0.25, -0.2) is 0 Å². The summed E-state index contributed by atoms with van der Waals surface area (Å²) in [5, 5.41) is 21.1. The Morgan fingerprint density at radius 1 is 0.907 bits per heavy atom. The number of benzene rings is 3. The van der Waals surface area contributed by atoms with Crippen LogP contribution in [0.1, 0.15) is 54.9 Å². The normalized spacial score (nSPS) is 16.0. The Bertz CT molecular complexity index is 1470. The number of aromatic nitrogens is 2. The minimum absolute atomic E-state index is 0.0746. The van der Waals surface area contributed by atoms with Crippen LogP contribution in [0.4, 0.5) is 5.69 Å². The fourth-order valence-electron chi connectivity index (χ4n) is 5.73. The highest BCUT2D eigenvalue weighted by molar-refractivity contribution is 5.95. The number of carboxylic acids is 1. The lowest BCUT2D eigenvalue weighted by Gasteiger charge is -2.39. The van der Waals surface area contributed by atoms with E-state index < -0.39 is 11.5 Å². The zero-order valence-electron chi connectivity index (χ0n) is 24.5. The summed E-state index contributed by atoms with van der Waals surface area (Å²) in [5.74, 6) is 0.617. The molecule has 0 aliphatic carbocycles. The molecular weight excluding hydrogens is 542 g/mol. The second-order valence-corrected chi connectivity index (χ2v) is 11.0. The van der Waals surface area contributed by atoms with Gasteiger partial charge in [-0.05, 0) is 92.7 Å². The largest absolute Gasteiger partial charge is 0.481 e. The molecule has 4 aromatic rings. The van der Waals surface area contributed by atoms with Gasteiger partial charge in [0.25, 0.3) is 11.9 Å². The number of carbonyl (C=O) groups is 2. The van der Waals surface area contributed by atoms with Crippen LogP contribution in [0, 0.1) is 0 Å². The van der Waals surface area contributed by atoms with Gasteiger partial charge in [0.2, 0.25) is 0 Å². The molecule has 6 rings (SSSR count). The van der Waals surface area contributed by atoms with Gasteiger partial charge in [-0.15, -0.1) is 0 Å². The topological polar surface area (TPSA) is 120 Å². The van der Waals surface area contributed by atoms with Crippen molar-refractivity contribution in [1.82, 2.24) is 20.8 Å². The van der Waals surface area contributed by atoms with Gasteiger partial charge in [0, 0.05) is 49.1 Å². The maximum atomic E-state index is 13.4. The second-order valence-electron chi connectivity index (χ2n) is 11.0. The number of nitrogens with zero attached hydrogens (tertiary/aromatic N) is 2. The molecule has 0 atom stereocenters. The summed E-state index contributed by atoms with van der Waals surface area (Å²) in [6.07, 6.45) is 9.15. The lowest BCUT2D eigenvalue weighted by molar-refractivity contribution is -0.134. The Labute approximate surface area is 252 Å². The van der Waals surface area contributed by atoms with Crippen molar-refractivity contribution >= 4 is 17.6 Å². The number of H-pyrrole nitrogens is 1. The highest BCUT2D eigenvalue weighted by atomic mass is 16.5. The van der Waals surface area contributed by atoms with Crippen molar-refractivity contribution in [2.75, 3.05) is 31.1 Å². The number of nitrogens with one attached hydrogen (secondary N) is 3. The fourth-order valence-corrected chi connectivity index (χ4v) is 5.73. The number of aliphatic carboxylic acids is 1. The molecule has 2 fully saturated rings. The molecule has 1 aromatic heterocycles. The van der Waals surface area contributed by atoms with Crippen LogP contribution in [-0.2, 0) is 10.3 Å². The average Bonchev–Trinajstić information content (AvgIpc) is 3.58. The van der Waals surface area contributed by atoms with Crippen LogP contribution in [-0.4, -0.2) is 53.4 Å². The summed E-state index contributed by atoms with van der Waals surface area (Å²) in [4.78, 5) is 24.9. The summed E-state index contributed by atoms with van der Waals surface area (Å²) in [7, 11) is 0. The zero-order valence-corrected chi connectivity index (χ0v) is 24.5. The third-order valence-corrected chi connectivity index (χ3v) is 7.97. The summed E-state index contributed by atoms with van der Waals surface area (Å²) in [6.45, 7) is 4.98. The predicted octanol–water partition coefficient (Wildman–Crippen LogP) is 5.96. The molecule has 0 radical (unpaired) electrons. The van der Waals surface area contributed by atoms with Crippen LogP contribution in [0.3, 0.4) is 0 Å². The van der Waals surface area contributed by atoms with Gasteiger partial charge in [0.15, 0.2) is 0 Å². The summed E-state index contributed by atoms with van der Waals surface area (Å²) in [6, 6.07) is 24.2. The van der Waals surface area contributed by atoms with E-state index in [1.54, 1.807) is 0 Å². The van der Waals surface area contributed by atoms with Gasteiger partial charge >= 0.3 is 0 Å². The molecule has 3 aromatic carbocycles. The number of rotatable bonds is 7. The molecule has 9 heteroatoms. The first-order valence-electron chi connectivity index (χ1n) is 14.9. The quantitative estimate of drug-likeness (QED) is 0.213. The van der Waals surface area contributed by atoms with E-state index in [4.69, 9.17) is 14.6 Å². The SMILES string of the molecule is CC(=O)O.O=C(NC1(c2ccc(-c3cn[nH]c3)cc2)CCNCC1)c1ccc(Oc2cccc(N3CCCCC3)c2)cc1. The Balaban J connectivity index is 0.000000868. The van der Waals surface area contributed by atoms with E-state index in [1.165, 1.54) is 24.9 Å². The van der Waals surface area contributed by atoms with E-state index in [9.17, 15) is 4.79 Å². The molecule has 4 N–H and O–H groups in total. The molecule has 3 heterocycles. The van der Waals surface area contributed by atoms with Crippen molar-refractivity contribution in [1.29, 1.82) is 0 Å². The third kappa shape index (κ3) is 7.81. The predicted molar refractivity (Wildman–Crippen MR) is 168 cm³/mol. The first-order chi connectivity index (χ1) is 20.9. The van der Waals surface area contributed by atoms with Crippen molar-refractivity contribution < 1.29 is 19.4 Å². The third-order valence-electron chi connectivity index (χ3n) is 7.97. The van der Waals surface area contributed by atoms with Gasteiger partial charge in [-0.3, -0.25) is 14.7 Å². The first kappa shape index (κ1) is 29.8. The molecule has 0 saturated carbocycles. The fraction of sp³-hybridized carbons (Fsp3) is 0.324. The Morgan fingerprint density at radius 2 is 1.60 bits per heavy atom. The maximum Gasteiger partial charge on any atom is 0.300 e. The van der Waals surface area contributed by atoms with Gasteiger partial charge in [-0.1, -0.05) is 30.3 Å². The maximum absolute atomic E-state index is 13.4. The number of anilines is 1. The van der Waals surface area contributed by atoms with Gasteiger partial charge < -0.3 is 25.4 Å². The molecular formula is C34H39N5O4. The van der Waals surface area contributed by atoms with Crippen LogP contribution in [0.15, 0.2) is 85.2 Å². The minimum atomic E-state index is -0.833. The van der Waals surface area contributed by atoms with Crippen molar-refractivity contribution in [3.05, 3.63) is 96.3 Å². The van der Waals surface area contributed by atoms with Crippen molar-refractivity contribution in [3.8, 4) is 22.6 Å². The van der Waals surface area contributed by atoms with Crippen molar-refractivity contribution in [3.63, 3.8) is 0 Å². The van der Waals surface area contributed by atoms with E-state index >= 15 is 0 Å². The van der Waals surface area contributed by atoms with E-state index in [0.717, 1.165) is 68.4 Å². The Hall–Kier alpha value is -4.63. The number of carboxylic acid groups (broad SMARTS) is 1. The number of piperidine rings is 2. The van der Waals surface area contributed by atoms with E-state index in [-0.39, 0.29) is 5.91 Å². The lowest BCUT2D eigenvalue weighted by Crippen LogP contribution is -2.52. The molecule has 0 spiro atoms. The molecule has 2 aliphatic heterocycles. The van der Waals surface area contributed by atoms with Crippen molar-refractivity contribution in [2.45, 2.75) is 44.6 Å². The number of amides is 1. The van der Waals surface area contributed by atoms with Gasteiger partial charge in [0.1, 0.15) is 11.5 Å². The molecule has 0 bridgehead atoms. The molecule has 43 heavy (non-hydrogen) atoms. The standard InChI is InChI=1S/C32H35N5O2.C2H4O2/c38-31(36-32(15-17-33-18-16-32)27-11-7-24(8-12-27)26-22-34-35-23-26)25-9-13-29(14-10-25)39-30-6-4-5-28(21-30)37-19-2-1-3-20-37;1-2(3)4/h4-14,21-23,33H,1-3,15-20H2,(H,34,35)(H,36,38);1H3,(H,3,4). The summed E-state index contributed by atoms with van der Waals surface area (Å²) in [5.41, 5.74) is 4.68. The summed E-state index contributed by atoms with van der Waals surface area (Å²) < 4.78 is 6.15. The molecule has 0 unspecified atom stereocenters. The smallest absolute Gasteiger partial charge is 0.300 e. The van der Waals surface area contributed by atoms with Gasteiger partial charge in [0.05, 0.1) is 11.7 Å². The van der Waals surface area contributed by atoms with E-state index in [0.29, 0.717) is 11.3 Å². The molecule has 2 saturated heterocycles. The lowest BCUT2D eigenvalue weighted by atomic mass is 9.80. The molecule has 9 nitrogen and oxygen atoms in total. The Kier molecular flexibility index (Phi) is 9.73. The minimum Gasteiger partial charge on any atom is -0.481 e. The zero-order chi connectivity index (χ0) is 30.1. The summed E-state index contributed by atoms with van der Waals surface area (Å²) >= 11 is 0. The molecule has 2 aliphatic rings. The van der Waals surface area contributed by atoms with Crippen LogP contribution >= 0.6 is 0 Å². The number of hydrogen-bond acceptors (Lipinski definition) is 6. The first-order valence-corrected chi connectivity index (χ1v) is 14.9. The van der Waals surface area contributed by atoms with Crippen molar-refractivity contribution in [2.24, 2.45) is 0 Å². The number of aromatic amines is 1. The monoisotopic (exact) mass is 581 g/mol. The molecule has 1 amide bonds. The molecule has 224 valence electrons. The van der Waals surface area contributed by atoms with Crippen LogP contribution in [0.5, 0.6) is 11.5 Å². The highest BCUT2D eigenvalue weighted by Gasteiger charge is 2.35. The number of hydrogen-bond donors (Lipinski definition) is 4. The highest BCUT2D eigenvalue weighted by Crippen LogP contribution is 2.33. The second kappa shape index (κ2) is 14.0. The van der Waals surface area contributed by atoms with E-state index in [2.05, 4.69) is 62.1 Å². The van der Waals surface area contributed by atoms with Crippen LogP contribution < -0.4 is 20.3 Å². The number of ether oxygens (including phenoxy) is 1. The van der Waals surface area contributed by atoms with Gasteiger partial charge in [-0.2, -0.15) is 5.10 Å². The van der Waals surface area contributed by atoms with Crippen LogP contribution in [0.25, 0.3) is 11.1 Å². The Morgan fingerprint density at radius 3 is 2.26 bits per heavy atom. The number of carbonyl (C=O) groups excluding carboxylic acids is 1.